The van der Waals surface area contributed by atoms with Crippen LogP contribution in [0, 0.1) is 29.6 Å². The van der Waals surface area contributed by atoms with Crippen LogP contribution in [0.5, 0.6) is 5.75 Å². The maximum Gasteiger partial charge on any atom is 0.338 e. The summed E-state index contributed by atoms with van der Waals surface area (Å²) in [7, 11) is -2.69. The molecule has 0 atom stereocenters. The topological polar surface area (TPSA) is 97.4 Å². The first-order chi connectivity index (χ1) is 15.2. The fourth-order valence-electron chi connectivity index (χ4n) is 6.31. The summed E-state index contributed by atoms with van der Waals surface area (Å²) in [5.74, 6) is 2.41. The molecule has 1 aromatic rings. The lowest BCUT2D eigenvalue weighted by molar-refractivity contribution is -0.447. The van der Waals surface area contributed by atoms with Gasteiger partial charge in [-0.15, -0.1) is 4.33 Å². The summed E-state index contributed by atoms with van der Waals surface area (Å²) in [6.07, 6.45) is 5.95. The Kier molecular flexibility index (Phi) is 7.07. The Morgan fingerprint density at radius 1 is 1.06 bits per heavy atom. The normalized spacial score (nSPS) is 31.1. The quantitative estimate of drug-likeness (QED) is 0.118. The molecule has 4 saturated carbocycles. The molecule has 0 saturated heterocycles. The van der Waals surface area contributed by atoms with Gasteiger partial charge in [0.15, 0.2) is 5.08 Å². The summed E-state index contributed by atoms with van der Waals surface area (Å²) in [6.45, 7) is 4.33. The van der Waals surface area contributed by atoms with E-state index in [-0.39, 0.29) is 17.6 Å². The molecule has 4 fully saturated rings. The van der Waals surface area contributed by atoms with Crippen LogP contribution in [0.1, 0.15) is 56.3 Å². The Morgan fingerprint density at radius 2 is 1.66 bits per heavy atom. The van der Waals surface area contributed by atoms with Crippen molar-refractivity contribution in [2.75, 3.05) is 12.2 Å². The Morgan fingerprint density at radius 3 is 2.19 bits per heavy atom. The number of hydrogen-bond acceptors (Lipinski definition) is 9. The highest BCUT2D eigenvalue weighted by atomic mass is 32.3. The van der Waals surface area contributed by atoms with Crippen molar-refractivity contribution in [2.24, 2.45) is 29.6 Å². The first kappa shape index (κ1) is 23.8. The third-order valence-electron chi connectivity index (χ3n) is 7.24. The van der Waals surface area contributed by atoms with E-state index in [1.54, 1.807) is 0 Å². The fraction of sp³-hybridized carbons (Fsp3) is 0.682. The highest BCUT2D eigenvalue weighted by molar-refractivity contribution is 8.08. The number of rotatable bonds is 10. The number of benzene rings is 1. The first-order valence-corrected chi connectivity index (χ1v) is 13.5. The minimum atomic E-state index is -3.92. The first-order valence-electron chi connectivity index (χ1n) is 11.0. The van der Waals surface area contributed by atoms with Crippen molar-refractivity contribution in [3.8, 4) is 5.75 Å². The number of carbonyl (C=O) groups excluding carboxylic acids is 1. The highest BCUT2D eigenvalue weighted by Gasteiger charge is 2.60. The van der Waals surface area contributed by atoms with Crippen molar-refractivity contribution in [3.05, 3.63) is 29.8 Å². The van der Waals surface area contributed by atoms with E-state index >= 15 is 0 Å². The summed E-state index contributed by atoms with van der Waals surface area (Å²) in [5.41, 5.74) is -0.0281. The second-order valence-electron chi connectivity index (χ2n) is 9.41. The molecule has 0 aromatic heterocycles. The predicted octanol–water partition coefficient (Wildman–Crippen LogP) is 4.52. The Bertz CT molecular complexity index is 884. The van der Waals surface area contributed by atoms with Crippen molar-refractivity contribution in [2.45, 2.75) is 51.6 Å². The van der Waals surface area contributed by atoms with Gasteiger partial charge in [-0.05, 0) is 86.0 Å². The van der Waals surface area contributed by atoms with Crippen LogP contribution in [0.4, 0.5) is 0 Å². The van der Waals surface area contributed by atoms with Gasteiger partial charge in [-0.3, -0.25) is 0 Å². The minimum absolute atomic E-state index is 0.100. The summed E-state index contributed by atoms with van der Waals surface area (Å²) < 4.78 is 39.8. The van der Waals surface area contributed by atoms with Gasteiger partial charge >= 0.3 is 16.1 Å². The number of ether oxygens (including phenoxy) is 1. The van der Waals surface area contributed by atoms with Crippen LogP contribution in [0.25, 0.3) is 0 Å². The maximum absolute atomic E-state index is 13.1. The summed E-state index contributed by atoms with van der Waals surface area (Å²) in [6, 6.07) is 5.97. The average molecular weight is 487 g/mol. The van der Waals surface area contributed by atoms with Crippen molar-refractivity contribution in [3.63, 3.8) is 0 Å². The lowest BCUT2D eigenvalue weighted by Crippen LogP contribution is -2.62. The molecule has 5 rings (SSSR count). The van der Waals surface area contributed by atoms with Gasteiger partial charge in [0.25, 0.3) is 0 Å². The van der Waals surface area contributed by atoms with Crippen molar-refractivity contribution < 1.29 is 36.4 Å². The molecule has 8 nitrogen and oxygen atoms in total. The molecule has 0 amide bonds. The van der Waals surface area contributed by atoms with Crippen LogP contribution in [0.15, 0.2) is 24.3 Å². The van der Waals surface area contributed by atoms with Gasteiger partial charge in [-0.2, -0.15) is 8.42 Å². The van der Waals surface area contributed by atoms with E-state index in [9.17, 15) is 13.2 Å². The molecule has 1 aromatic carbocycles. The standard InChI is InChI=1S/C22H30O8S2/c1-14(2)22(18-9-15-8-16(11-18)12-19(22)10-15)27-21(23)17-4-6-20(7-5-17)28-32(24,25)13-31-30-29-26-3/h4-7,14-16,18-19H,8-13H2,1-3H3. The lowest BCUT2D eigenvalue weighted by atomic mass is 9.47. The Labute approximate surface area is 193 Å². The smallest absolute Gasteiger partial charge is 0.338 e. The monoisotopic (exact) mass is 486 g/mol. The highest BCUT2D eigenvalue weighted by Crippen LogP contribution is 2.61. The Balaban J connectivity index is 1.41. The maximum atomic E-state index is 13.1. The van der Waals surface area contributed by atoms with Crippen LogP contribution >= 0.6 is 12.0 Å². The van der Waals surface area contributed by atoms with Crippen molar-refractivity contribution >= 4 is 28.1 Å². The van der Waals surface area contributed by atoms with Crippen LogP contribution < -0.4 is 4.18 Å². The molecule has 0 aliphatic heterocycles. The van der Waals surface area contributed by atoms with Gasteiger partial charge < -0.3 is 8.92 Å². The number of esters is 1. The molecular weight excluding hydrogens is 456 g/mol. The van der Waals surface area contributed by atoms with E-state index in [1.807, 2.05) is 0 Å². The SMILES string of the molecule is COOOSCS(=O)(=O)Oc1ccc(C(=O)OC2(C(C)C)C3CC4CC(C3)CC2C4)cc1. The van der Waals surface area contributed by atoms with Gasteiger partial charge in [0.2, 0.25) is 0 Å². The molecule has 0 N–H and O–H groups in total. The average Bonchev–Trinajstić information content (AvgIpc) is 2.73. The molecule has 178 valence electrons. The third kappa shape index (κ3) is 4.79. The molecule has 4 bridgehead atoms. The second-order valence-corrected chi connectivity index (χ2v) is 12.0. The molecule has 4 aliphatic rings. The summed E-state index contributed by atoms with van der Waals surface area (Å²) >= 11 is 0.511. The Hall–Kier alpha value is -1.33. The van der Waals surface area contributed by atoms with Crippen LogP contribution in [0.2, 0.25) is 0 Å². The predicted molar refractivity (Wildman–Crippen MR) is 118 cm³/mol. The van der Waals surface area contributed by atoms with Crippen LogP contribution in [-0.4, -0.2) is 32.2 Å². The fourth-order valence-corrected chi connectivity index (χ4v) is 7.63. The summed E-state index contributed by atoms with van der Waals surface area (Å²) in [4.78, 5) is 17.3. The molecule has 0 unspecified atom stereocenters. The van der Waals surface area contributed by atoms with Gasteiger partial charge in [-0.25, -0.2) is 9.68 Å². The largest absolute Gasteiger partial charge is 0.455 e. The van der Waals surface area contributed by atoms with Gasteiger partial charge in [0, 0.05) is 0 Å². The second kappa shape index (κ2) is 9.50. The van der Waals surface area contributed by atoms with Crippen molar-refractivity contribution in [1.29, 1.82) is 0 Å². The van der Waals surface area contributed by atoms with E-state index in [1.165, 1.54) is 37.8 Å². The molecule has 4 aliphatic carbocycles. The minimum Gasteiger partial charge on any atom is -0.455 e. The van der Waals surface area contributed by atoms with E-state index in [0.29, 0.717) is 29.4 Å². The lowest BCUT2D eigenvalue weighted by Gasteiger charge is -2.61. The van der Waals surface area contributed by atoms with Gasteiger partial charge in [0.05, 0.1) is 24.7 Å². The molecule has 32 heavy (non-hydrogen) atoms. The number of hydrogen-bond donors (Lipinski definition) is 0. The zero-order valence-corrected chi connectivity index (χ0v) is 20.2. The molecular formula is C22H30O8S2. The summed E-state index contributed by atoms with van der Waals surface area (Å²) in [5, 5.41) is 3.64. The molecule has 0 spiro atoms. The van der Waals surface area contributed by atoms with Crippen LogP contribution in [-0.2, 0) is 29.1 Å². The van der Waals surface area contributed by atoms with E-state index in [0.717, 1.165) is 37.5 Å². The zero-order valence-electron chi connectivity index (χ0n) is 18.5. The molecule has 10 heteroatoms. The van der Waals surface area contributed by atoms with Crippen molar-refractivity contribution in [1.82, 2.24) is 0 Å². The number of carbonyl (C=O) groups is 1. The molecule has 0 heterocycles. The van der Waals surface area contributed by atoms with E-state index in [4.69, 9.17) is 8.92 Å². The van der Waals surface area contributed by atoms with Gasteiger partial charge in [0.1, 0.15) is 11.4 Å². The van der Waals surface area contributed by atoms with E-state index < -0.39 is 20.8 Å². The van der Waals surface area contributed by atoms with E-state index in [2.05, 4.69) is 28.1 Å². The zero-order chi connectivity index (χ0) is 22.9. The third-order valence-corrected chi connectivity index (χ3v) is 9.37. The molecule has 0 radical (unpaired) electrons. The van der Waals surface area contributed by atoms with Crippen LogP contribution in [0.3, 0.4) is 0 Å². The van der Waals surface area contributed by atoms with Gasteiger partial charge in [-0.1, -0.05) is 18.9 Å².